The lowest BCUT2D eigenvalue weighted by Gasteiger charge is -2.22. The maximum absolute atomic E-state index is 4.59. The Morgan fingerprint density at radius 2 is 1.90 bits per heavy atom. The van der Waals surface area contributed by atoms with Crippen molar-refractivity contribution in [3.8, 4) is 0 Å². The van der Waals surface area contributed by atoms with E-state index in [1.807, 2.05) is 25.4 Å². The molecular formula is C15H21N5S. The Balaban J connectivity index is 1.65. The average molecular weight is 303 g/mol. The van der Waals surface area contributed by atoms with E-state index in [9.17, 15) is 0 Å². The van der Waals surface area contributed by atoms with Crippen LogP contribution in [-0.2, 0) is 6.54 Å². The average Bonchev–Trinajstić information content (AvgIpc) is 2.82. The summed E-state index contributed by atoms with van der Waals surface area (Å²) in [5.41, 5.74) is 5.17. The molecule has 0 unspecified atom stereocenters. The molecule has 3 rings (SSSR count). The van der Waals surface area contributed by atoms with Crippen LogP contribution in [0.2, 0.25) is 0 Å². The number of rotatable bonds is 3. The molecule has 0 radical (unpaired) electrons. The fraction of sp³-hybridized carbons (Fsp3) is 0.533. The van der Waals surface area contributed by atoms with Crippen LogP contribution in [-0.4, -0.2) is 46.0 Å². The van der Waals surface area contributed by atoms with E-state index in [1.165, 1.54) is 5.69 Å². The fourth-order valence-electron chi connectivity index (χ4n) is 2.72. The summed E-state index contributed by atoms with van der Waals surface area (Å²) in [6, 6.07) is 2.02. The van der Waals surface area contributed by atoms with Gasteiger partial charge < -0.3 is 4.90 Å². The highest BCUT2D eigenvalue weighted by Gasteiger charge is 2.17. The van der Waals surface area contributed by atoms with Crippen molar-refractivity contribution in [1.29, 1.82) is 0 Å². The molecule has 2 aromatic heterocycles. The first-order valence-corrected chi connectivity index (χ1v) is 8.31. The summed E-state index contributed by atoms with van der Waals surface area (Å²) in [4.78, 5) is 18.3. The van der Waals surface area contributed by atoms with E-state index in [4.69, 9.17) is 0 Å². The highest BCUT2D eigenvalue weighted by Crippen LogP contribution is 2.14. The summed E-state index contributed by atoms with van der Waals surface area (Å²) in [6.45, 7) is 9.16. The standard InChI is InChI=1S/C15H21N5S/c1-12-8-13(2)18-15(17-12)20-5-3-4-19(6-7-20)9-14-10-21-11-16-14/h8,10-11H,3-7,9H2,1-2H3. The molecule has 0 aliphatic carbocycles. The van der Waals surface area contributed by atoms with Gasteiger partial charge in [0, 0.05) is 49.5 Å². The van der Waals surface area contributed by atoms with E-state index < -0.39 is 0 Å². The van der Waals surface area contributed by atoms with Crippen molar-refractivity contribution < 1.29 is 0 Å². The number of aryl methyl sites for hydroxylation is 2. The lowest BCUT2D eigenvalue weighted by molar-refractivity contribution is 0.282. The van der Waals surface area contributed by atoms with Gasteiger partial charge >= 0.3 is 0 Å². The highest BCUT2D eigenvalue weighted by atomic mass is 32.1. The summed E-state index contributed by atoms with van der Waals surface area (Å²) < 4.78 is 0. The van der Waals surface area contributed by atoms with Crippen molar-refractivity contribution >= 4 is 17.3 Å². The molecular weight excluding hydrogens is 282 g/mol. The molecule has 0 aromatic carbocycles. The molecule has 0 N–H and O–H groups in total. The molecule has 1 saturated heterocycles. The van der Waals surface area contributed by atoms with Gasteiger partial charge in [0.25, 0.3) is 0 Å². The molecule has 0 bridgehead atoms. The van der Waals surface area contributed by atoms with Crippen LogP contribution in [0.1, 0.15) is 23.5 Å². The quantitative estimate of drug-likeness (QED) is 0.870. The Morgan fingerprint density at radius 1 is 1.10 bits per heavy atom. The van der Waals surface area contributed by atoms with E-state index >= 15 is 0 Å². The first-order chi connectivity index (χ1) is 10.2. The van der Waals surface area contributed by atoms with E-state index in [1.54, 1.807) is 11.3 Å². The second-order valence-corrected chi connectivity index (χ2v) is 6.27. The van der Waals surface area contributed by atoms with Gasteiger partial charge in [-0.3, -0.25) is 4.90 Å². The van der Waals surface area contributed by atoms with Crippen LogP contribution in [0.4, 0.5) is 5.95 Å². The molecule has 3 heterocycles. The minimum atomic E-state index is 0.878. The molecule has 6 heteroatoms. The molecule has 0 atom stereocenters. The second kappa shape index (κ2) is 6.49. The summed E-state index contributed by atoms with van der Waals surface area (Å²) in [5.74, 6) is 0.878. The van der Waals surface area contributed by atoms with Crippen LogP contribution in [0.15, 0.2) is 17.0 Å². The van der Waals surface area contributed by atoms with Gasteiger partial charge in [-0.1, -0.05) is 0 Å². The van der Waals surface area contributed by atoms with Gasteiger partial charge in [0.2, 0.25) is 5.95 Å². The van der Waals surface area contributed by atoms with Gasteiger partial charge in [-0.05, 0) is 26.3 Å². The molecule has 0 saturated carbocycles. The minimum absolute atomic E-state index is 0.878. The molecule has 21 heavy (non-hydrogen) atoms. The van der Waals surface area contributed by atoms with Crippen LogP contribution in [0.5, 0.6) is 0 Å². The van der Waals surface area contributed by atoms with Crippen LogP contribution in [0.25, 0.3) is 0 Å². The summed E-state index contributed by atoms with van der Waals surface area (Å²) >= 11 is 1.67. The van der Waals surface area contributed by atoms with Crippen LogP contribution < -0.4 is 4.90 Å². The lowest BCUT2D eigenvalue weighted by atomic mass is 10.3. The fourth-order valence-corrected chi connectivity index (χ4v) is 3.27. The van der Waals surface area contributed by atoms with Crippen molar-refractivity contribution in [2.45, 2.75) is 26.8 Å². The van der Waals surface area contributed by atoms with Gasteiger partial charge in [0.15, 0.2) is 0 Å². The molecule has 1 fully saturated rings. The zero-order chi connectivity index (χ0) is 14.7. The first kappa shape index (κ1) is 14.4. The number of nitrogens with zero attached hydrogens (tertiary/aromatic N) is 5. The van der Waals surface area contributed by atoms with Crippen LogP contribution in [0, 0.1) is 13.8 Å². The number of anilines is 1. The van der Waals surface area contributed by atoms with Gasteiger partial charge in [0.1, 0.15) is 0 Å². The number of thiazole rings is 1. The van der Waals surface area contributed by atoms with Gasteiger partial charge in [-0.25, -0.2) is 15.0 Å². The molecule has 0 spiro atoms. The molecule has 1 aliphatic rings. The summed E-state index contributed by atoms with van der Waals surface area (Å²) in [6.07, 6.45) is 1.14. The van der Waals surface area contributed by atoms with Gasteiger partial charge in [0.05, 0.1) is 11.2 Å². The predicted octanol–water partition coefficient (Wildman–Crippen LogP) is 2.26. The summed E-state index contributed by atoms with van der Waals surface area (Å²) in [7, 11) is 0. The Hall–Kier alpha value is -1.53. The third-order valence-corrected chi connectivity index (χ3v) is 4.35. The van der Waals surface area contributed by atoms with Crippen LogP contribution in [0.3, 0.4) is 0 Å². The van der Waals surface area contributed by atoms with Crippen LogP contribution >= 0.6 is 11.3 Å². The molecule has 5 nitrogen and oxygen atoms in total. The Labute approximate surface area is 129 Å². The SMILES string of the molecule is Cc1cc(C)nc(N2CCCN(Cc3cscn3)CC2)n1. The van der Waals surface area contributed by atoms with Gasteiger partial charge in [-0.2, -0.15) is 0 Å². The predicted molar refractivity (Wildman–Crippen MR) is 85.7 cm³/mol. The van der Waals surface area contributed by atoms with Crippen molar-refractivity contribution in [1.82, 2.24) is 19.9 Å². The normalized spacial score (nSPS) is 17.0. The highest BCUT2D eigenvalue weighted by molar-refractivity contribution is 7.07. The minimum Gasteiger partial charge on any atom is -0.339 e. The molecule has 0 amide bonds. The summed E-state index contributed by atoms with van der Waals surface area (Å²) in [5, 5.41) is 2.13. The number of hydrogen-bond acceptors (Lipinski definition) is 6. The number of hydrogen-bond donors (Lipinski definition) is 0. The molecule has 112 valence electrons. The van der Waals surface area contributed by atoms with Crippen molar-refractivity contribution in [3.05, 3.63) is 34.0 Å². The maximum atomic E-state index is 4.59. The van der Waals surface area contributed by atoms with E-state index in [2.05, 4.69) is 30.1 Å². The Kier molecular flexibility index (Phi) is 4.45. The van der Waals surface area contributed by atoms with Crippen molar-refractivity contribution in [3.63, 3.8) is 0 Å². The topological polar surface area (TPSA) is 45.2 Å². The smallest absolute Gasteiger partial charge is 0.225 e. The second-order valence-electron chi connectivity index (χ2n) is 5.55. The van der Waals surface area contributed by atoms with E-state index in [-0.39, 0.29) is 0 Å². The largest absolute Gasteiger partial charge is 0.339 e. The Morgan fingerprint density at radius 3 is 2.62 bits per heavy atom. The zero-order valence-electron chi connectivity index (χ0n) is 12.6. The third-order valence-electron chi connectivity index (χ3n) is 3.71. The first-order valence-electron chi connectivity index (χ1n) is 7.37. The lowest BCUT2D eigenvalue weighted by Crippen LogP contribution is -2.31. The molecule has 2 aromatic rings. The number of aromatic nitrogens is 3. The maximum Gasteiger partial charge on any atom is 0.225 e. The van der Waals surface area contributed by atoms with Crippen molar-refractivity contribution in [2.75, 3.05) is 31.1 Å². The third kappa shape index (κ3) is 3.77. The van der Waals surface area contributed by atoms with Crippen molar-refractivity contribution in [2.24, 2.45) is 0 Å². The monoisotopic (exact) mass is 303 g/mol. The van der Waals surface area contributed by atoms with E-state index in [0.29, 0.717) is 0 Å². The zero-order valence-corrected chi connectivity index (χ0v) is 13.4. The van der Waals surface area contributed by atoms with Gasteiger partial charge in [-0.15, -0.1) is 11.3 Å². The Bertz CT molecular complexity index is 564. The molecule has 1 aliphatic heterocycles. The van der Waals surface area contributed by atoms with E-state index in [0.717, 1.165) is 56.5 Å².